The summed E-state index contributed by atoms with van der Waals surface area (Å²) in [4.78, 5) is 15.7. The van der Waals surface area contributed by atoms with Gasteiger partial charge in [0.2, 0.25) is 0 Å². The summed E-state index contributed by atoms with van der Waals surface area (Å²) >= 11 is 3.23. The van der Waals surface area contributed by atoms with E-state index in [4.69, 9.17) is 5.73 Å². The molecule has 0 fully saturated rings. The number of rotatable bonds is 2. The number of nitrogen functional groups attached to an aromatic ring is 1. The second kappa shape index (κ2) is 5.14. The lowest BCUT2D eigenvalue weighted by Gasteiger charge is -2.08. The minimum Gasteiger partial charge on any atom is -0.397 e. The van der Waals surface area contributed by atoms with Crippen LogP contribution < -0.4 is 11.1 Å². The van der Waals surface area contributed by atoms with Crippen LogP contribution in [0.2, 0.25) is 0 Å². The maximum Gasteiger partial charge on any atom is 0.257 e. The van der Waals surface area contributed by atoms with Crippen LogP contribution in [0, 0.1) is 5.82 Å². The van der Waals surface area contributed by atoms with Crippen LogP contribution in [0.3, 0.4) is 0 Å². The van der Waals surface area contributed by atoms with E-state index in [9.17, 15) is 9.18 Å². The maximum atomic E-state index is 13.1. The van der Waals surface area contributed by atoms with Crippen molar-refractivity contribution in [1.82, 2.24) is 4.98 Å². The number of hydrogen-bond acceptors (Lipinski definition) is 3. The van der Waals surface area contributed by atoms with Gasteiger partial charge in [0.1, 0.15) is 5.82 Å². The molecule has 0 saturated carbocycles. The average molecular weight is 310 g/mol. The number of nitrogens with one attached hydrogen (secondary N) is 1. The molecule has 1 aromatic heterocycles. The maximum absolute atomic E-state index is 13.1. The first-order chi connectivity index (χ1) is 8.58. The van der Waals surface area contributed by atoms with E-state index >= 15 is 0 Å². The number of carbonyl (C=O) groups excluding carboxylic acids is 1. The van der Waals surface area contributed by atoms with E-state index < -0.39 is 11.7 Å². The topological polar surface area (TPSA) is 68.0 Å². The monoisotopic (exact) mass is 309 g/mol. The normalized spacial score (nSPS) is 10.1. The summed E-state index contributed by atoms with van der Waals surface area (Å²) in [5, 5.41) is 2.57. The fourth-order valence-electron chi connectivity index (χ4n) is 1.40. The molecule has 0 unspecified atom stereocenters. The molecule has 0 aliphatic carbocycles. The predicted molar refractivity (Wildman–Crippen MR) is 70.7 cm³/mol. The Morgan fingerprint density at radius 3 is 2.89 bits per heavy atom. The zero-order valence-corrected chi connectivity index (χ0v) is 10.7. The molecule has 0 radical (unpaired) electrons. The van der Waals surface area contributed by atoms with E-state index in [1.165, 1.54) is 36.7 Å². The van der Waals surface area contributed by atoms with E-state index in [0.29, 0.717) is 15.7 Å². The summed E-state index contributed by atoms with van der Waals surface area (Å²) < 4.78 is 13.7. The highest BCUT2D eigenvalue weighted by atomic mass is 79.9. The summed E-state index contributed by atoms with van der Waals surface area (Å²) in [5.74, 6) is -0.850. The van der Waals surface area contributed by atoms with Crippen LogP contribution in [0.5, 0.6) is 0 Å². The van der Waals surface area contributed by atoms with Crippen molar-refractivity contribution in [3.05, 3.63) is 52.5 Å². The predicted octanol–water partition coefficient (Wildman–Crippen LogP) is 2.82. The largest absolute Gasteiger partial charge is 0.397 e. The number of anilines is 2. The minimum atomic E-state index is -0.434. The smallest absolute Gasteiger partial charge is 0.257 e. The van der Waals surface area contributed by atoms with Gasteiger partial charge in [0.25, 0.3) is 5.91 Å². The number of amides is 1. The van der Waals surface area contributed by atoms with Crippen molar-refractivity contribution in [2.45, 2.75) is 0 Å². The van der Waals surface area contributed by atoms with Gasteiger partial charge < -0.3 is 11.1 Å². The Balaban J connectivity index is 2.27. The molecular weight excluding hydrogens is 301 g/mol. The van der Waals surface area contributed by atoms with Crippen LogP contribution in [0.15, 0.2) is 41.1 Å². The fraction of sp³-hybridized carbons (Fsp3) is 0. The highest BCUT2D eigenvalue weighted by Crippen LogP contribution is 2.24. The molecule has 1 aromatic carbocycles. The number of benzene rings is 1. The van der Waals surface area contributed by atoms with E-state index in [0.717, 1.165) is 0 Å². The Hall–Kier alpha value is -1.95. The molecule has 6 heteroatoms. The van der Waals surface area contributed by atoms with Crippen LogP contribution in [-0.4, -0.2) is 10.9 Å². The number of hydrogen-bond donors (Lipinski definition) is 2. The van der Waals surface area contributed by atoms with Crippen molar-refractivity contribution in [3.8, 4) is 0 Å². The van der Waals surface area contributed by atoms with E-state index in [1.54, 1.807) is 0 Å². The molecule has 18 heavy (non-hydrogen) atoms. The summed E-state index contributed by atoms with van der Waals surface area (Å²) in [6.07, 6.45) is 2.85. The van der Waals surface area contributed by atoms with Crippen LogP contribution in [0.25, 0.3) is 0 Å². The van der Waals surface area contributed by atoms with Gasteiger partial charge in [-0.05, 0) is 40.2 Å². The van der Waals surface area contributed by atoms with Gasteiger partial charge in [0.05, 0.1) is 23.1 Å². The summed E-state index contributed by atoms with van der Waals surface area (Å²) in [5.41, 5.74) is 6.54. The number of aromatic nitrogens is 1. The van der Waals surface area contributed by atoms with E-state index in [-0.39, 0.29) is 5.69 Å². The third kappa shape index (κ3) is 2.65. The molecule has 3 N–H and O–H groups in total. The molecule has 1 amide bonds. The second-order valence-corrected chi connectivity index (χ2v) is 4.40. The van der Waals surface area contributed by atoms with Crippen molar-refractivity contribution in [3.63, 3.8) is 0 Å². The van der Waals surface area contributed by atoms with E-state index in [2.05, 4.69) is 26.2 Å². The molecular formula is C12H9BrFN3O. The molecule has 0 atom stereocenters. The number of halogens is 2. The van der Waals surface area contributed by atoms with Crippen LogP contribution >= 0.6 is 15.9 Å². The Morgan fingerprint density at radius 1 is 1.39 bits per heavy atom. The summed E-state index contributed by atoms with van der Waals surface area (Å²) in [6.45, 7) is 0. The molecule has 1 heterocycles. The van der Waals surface area contributed by atoms with Gasteiger partial charge in [-0.25, -0.2) is 4.39 Å². The number of nitrogens with zero attached hydrogens (tertiary/aromatic N) is 1. The lowest BCUT2D eigenvalue weighted by atomic mass is 10.2. The van der Waals surface area contributed by atoms with Gasteiger partial charge in [-0.3, -0.25) is 9.78 Å². The van der Waals surface area contributed by atoms with Gasteiger partial charge in [0, 0.05) is 10.7 Å². The standard InChI is InChI=1S/C12H9BrFN3O/c13-9-2-1-7(14)5-11(9)17-12(18)8-3-4-16-6-10(8)15/h1-6H,15H2,(H,17,18). The lowest BCUT2D eigenvalue weighted by molar-refractivity contribution is 0.102. The van der Waals surface area contributed by atoms with Gasteiger partial charge in [-0.2, -0.15) is 0 Å². The first kappa shape index (κ1) is 12.5. The second-order valence-electron chi connectivity index (χ2n) is 3.54. The molecule has 92 valence electrons. The molecule has 0 bridgehead atoms. The van der Waals surface area contributed by atoms with Gasteiger partial charge >= 0.3 is 0 Å². The van der Waals surface area contributed by atoms with Crippen LogP contribution in [0.4, 0.5) is 15.8 Å². The SMILES string of the molecule is Nc1cnccc1C(=O)Nc1cc(F)ccc1Br. The Bertz CT molecular complexity index is 604. The Labute approximate surface area is 111 Å². The average Bonchev–Trinajstić information content (AvgIpc) is 2.34. The molecule has 2 rings (SSSR count). The highest BCUT2D eigenvalue weighted by Gasteiger charge is 2.11. The Morgan fingerprint density at radius 2 is 2.17 bits per heavy atom. The number of pyridine rings is 1. The lowest BCUT2D eigenvalue weighted by Crippen LogP contribution is -2.14. The number of nitrogens with two attached hydrogens (primary N) is 1. The molecule has 2 aromatic rings. The van der Waals surface area contributed by atoms with Crippen molar-refractivity contribution in [1.29, 1.82) is 0 Å². The molecule has 0 saturated heterocycles. The van der Waals surface area contributed by atoms with Crippen molar-refractivity contribution >= 4 is 33.2 Å². The summed E-state index contributed by atoms with van der Waals surface area (Å²) in [7, 11) is 0. The fourth-order valence-corrected chi connectivity index (χ4v) is 1.74. The molecule has 0 aliphatic heterocycles. The molecule has 0 spiro atoms. The quantitative estimate of drug-likeness (QED) is 0.896. The molecule has 0 aliphatic rings. The van der Waals surface area contributed by atoms with Crippen molar-refractivity contribution in [2.75, 3.05) is 11.1 Å². The van der Waals surface area contributed by atoms with Crippen LogP contribution in [-0.2, 0) is 0 Å². The van der Waals surface area contributed by atoms with Crippen molar-refractivity contribution < 1.29 is 9.18 Å². The minimum absolute atomic E-state index is 0.266. The molecule has 4 nitrogen and oxygen atoms in total. The zero-order valence-electron chi connectivity index (χ0n) is 9.15. The number of carbonyl (C=O) groups is 1. The first-order valence-corrected chi connectivity index (χ1v) is 5.83. The van der Waals surface area contributed by atoms with E-state index in [1.807, 2.05) is 0 Å². The third-order valence-electron chi connectivity index (χ3n) is 2.27. The highest BCUT2D eigenvalue weighted by molar-refractivity contribution is 9.10. The zero-order chi connectivity index (χ0) is 13.1. The van der Waals surface area contributed by atoms with Gasteiger partial charge in [0.15, 0.2) is 0 Å². The van der Waals surface area contributed by atoms with Gasteiger partial charge in [-0.15, -0.1) is 0 Å². The Kier molecular flexibility index (Phi) is 3.57. The first-order valence-electron chi connectivity index (χ1n) is 5.04. The summed E-state index contributed by atoms with van der Waals surface area (Å²) in [6, 6.07) is 5.53. The van der Waals surface area contributed by atoms with Crippen molar-refractivity contribution in [2.24, 2.45) is 0 Å². The van der Waals surface area contributed by atoms with Gasteiger partial charge in [-0.1, -0.05) is 0 Å². The van der Waals surface area contributed by atoms with Crippen LogP contribution in [0.1, 0.15) is 10.4 Å². The third-order valence-corrected chi connectivity index (χ3v) is 2.96.